The predicted octanol–water partition coefficient (Wildman–Crippen LogP) is 2.11. The van der Waals surface area contributed by atoms with Crippen molar-refractivity contribution in [2.45, 2.75) is 0 Å². The van der Waals surface area contributed by atoms with Crippen molar-refractivity contribution in [2.75, 3.05) is 11.1 Å². The van der Waals surface area contributed by atoms with Crippen LogP contribution in [-0.4, -0.2) is 16.1 Å². The van der Waals surface area contributed by atoms with Crippen LogP contribution in [0.4, 0.5) is 17.1 Å². The molecular formula is C12H11N3O2. The summed E-state index contributed by atoms with van der Waals surface area (Å²) in [6.07, 6.45) is 3.31. The summed E-state index contributed by atoms with van der Waals surface area (Å²) in [7, 11) is 0. The van der Waals surface area contributed by atoms with Gasteiger partial charge in [0, 0.05) is 17.6 Å². The van der Waals surface area contributed by atoms with Gasteiger partial charge in [0.15, 0.2) is 0 Å². The highest BCUT2D eigenvalue weighted by molar-refractivity contribution is 5.95. The van der Waals surface area contributed by atoms with Crippen molar-refractivity contribution in [3.8, 4) is 0 Å². The molecule has 0 aliphatic carbocycles. The lowest BCUT2D eigenvalue weighted by molar-refractivity contribution is 0.0698. The molecule has 0 spiro atoms. The van der Waals surface area contributed by atoms with Crippen LogP contribution in [0.1, 0.15) is 10.4 Å². The standard InChI is InChI=1S/C12H11N3O2/c13-11-4-3-8(6-10(11)12(16)17)15-9-2-1-5-14-7-9/h1-7,15H,13H2,(H,16,17). The normalized spacial score (nSPS) is 9.88. The summed E-state index contributed by atoms with van der Waals surface area (Å²) in [4.78, 5) is 14.9. The molecule has 5 nitrogen and oxygen atoms in total. The molecule has 0 aliphatic heterocycles. The van der Waals surface area contributed by atoms with E-state index in [-0.39, 0.29) is 11.3 Å². The first-order chi connectivity index (χ1) is 8.16. The van der Waals surface area contributed by atoms with Crippen molar-refractivity contribution in [3.05, 3.63) is 48.3 Å². The lowest BCUT2D eigenvalue weighted by Gasteiger charge is -2.08. The maximum absolute atomic E-state index is 10.9. The Morgan fingerprint density at radius 3 is 2.76 bits per heavy atom. The van der Waals surface area contributed by atoms with E-state index in [1.54, 1.807) is 30.6 Å². The number of aromatic carboxylic acids is 1. The summed E-state index contributed by atoms with van der Waals surface area (Å²) < 4.78 is 0. The molecule has 0 saturated heterocycles. The van der Waals surface area contributed by atoms with Crippen molar-refractivity contribution in [2.24, 2.45) is 0 Å². The number of carbonyl (C=O) groups is 1. The minimum Gasteiger partial charge on any atom is -0.478 e. The Bertz CT molecular complexity index is 541. The fraction of sp³-hybridized carbons (Fsp3) is 0. The predicted molar refractivity (Wildman–Crippen MR) is 65.3 cm³/mol. The quantitative estimate of drug-likeness (QED) is 0.701. The number of nitrogens with zero attached hydrogens (tertiary/aromatic N) is 1. The molecule has 2 rings (SSSR count). The van der Waals surface area contributed by atoms with E-state index in [4.69, 9.17) is 10.8 Å². The lowest BCUT2D eigenvalue weighted by atomic mass is 10.1. The zero-order valence-electron chi connectivity index (χ0n) is 8.92. The molecule has 1 heterocycles. The van der Waals surface area contributed by atoms with Gasteiger partial charge in [0.25, 0.3) is 0 Å². The van der Waals surface area contributed by atoms with E-state index < -0.39 is 5.97 Å². The Morgan fingerprint density at radius 1 is 1.29 bits per heavy atom. The van der Waals surface area contributed by atoms with Crippen LogP contribution in [0.5, 0.6) is 0 Å². The first kappa shape index (κ1) is 10.9. The molecule has 0 atom stereocenters. The molecule has 0 amide bonds. The third-order valence-corrected chi connectivity index (χ3v) is 2.23. The number of carboxylic acids is 1. The number of benzene rings is 1. The number of rotatable bonds is 3. The fourth-order valence-electron chi connectivity index (χ4n) is 1.42. The summed E-state index contributed by atoms with van der Waals surface area (Å²) in [5.74, 6) is -1.04. The Balaban J connectivity index is 2.29. The zero-order valence-corrected chi connectivity index (χ0v) is 8.92. The van der Waals surface area contributed by atoms with Crippen LogP contribution < -0.4 is 11.1 Å². The highest BCUT2D eigenvalue weighted by Crippen LogP contribution is 2.21. The van der Waals surface area contributed by atoms with Crippen molar-refractivity contribution >= 4 is 23.0 Å². The molecule has 86 valence electrons. The Morgan fingerprint density at radius 2 is 2.12 bits per heavy atom. The molecule has 2 aromatic rings. The molecule has 0 unspecified atom stereocenters. The van der Waals surface area contributed by atoms with Gasteiger partial charge in [-0.3, -0.25) is 4.98 Å². The molecule has 1 aromatic carbocycles. The summed E-state index contributed by atoms with van der Waals surface area (Å²) >= 11 is 0. The van der Waals surface area contributed by atoms with Gasteiger partial charge in [-0.05, 0) is 30.3 Å². The Hall–Kier alpha value is -2.56. The van der Waals surface area contributed by atoms with Crippen molar-refractivity contribution in [1.29, 1.82) is 0 Å². The van der Waals surface area contributed by atoms with Crippen LogP contribution in [0, 0.1) is 0 Å². The second-order valence-electron chi connectivity index (χ2n) is 3.47. The lowest BCUT2D eigenvalue weighted by Crippen LogP contribution is -2.03. The maximum atomic E-state index is 10.9. The topological polar surface area (TPSA) is 88.2 Å². The van der Waals surface area contributed by atoms with E-state index in [2.05, 4.69) is 10.3 Å². The molecule has 0 aliphatic rings. The monoisotopic (exact) mass is 229 g/mol. The van der Waals surface area contributed by atoms with Crippen molar-refractivity contribution in [1.82, 2.24) is 4.98 Å². The SMILES string of the molecule is Nc1ccc(Nc2cccnc2)cc1C(=O)O. The molecular weight excluding hydrogens is 218 g/mol. The number of nitrogens with one attached hydrogen (secondary N) is 1. The highest BCUT2D eigenvalue weighted by atomic mass is 16.4. The van der Waals surface area contributed by atoms with E-state index in [0.717, 1.165) is 5.69 Å². The van der Waals surface area contributed by atoms with Gasteiger partial charge in [0.05, 0.1) is 17.4 Å². The van der Waals surface area contributed by atoms with E-state index in [1.165, 1.54) is 6.07 Å². The van der Waals surface area contributed by atoms with Crippen molar-refractivity contribution in [3.63, 3.8) is 0 Å². The van der Waals surface area contributed by atoms with Gasteiger partial charge in [-0.1, -0.05) is 0 Å². The fourth-order valence-corrected chi connectivity index (χ4v) is 1.42. The van der Waals surface area contributed by atoms with Gasteiger partial charge < -0.3 is 16.2 Å². The smallest absolute Gasteiger partial charge is 0.337 e. The first-order valence-corrected chi connectivity index (χ1v) is 4.96. The Kier molecular flexibility index (Phi) is 2.91. The number of nitrogen functional groups attached to an aromatic ring is 1. The molecule has 17 heavy (non-hydrogen) atoms. The van der Waals surface area contributed by atoms with Crippen LogP contribution in [-0.2, 0) is 0 Å². The number of nitrogens with two attached hydrogens (primary N) is 1. The third kappa shape index (κ3) is 2.52. The summed E-state index contributed by atoms with van der Waals surface area (Å²) in [6.45, 7) is 0. The van der Waals surface area contributed by atoms with Crippen LogP contribution in [0.2, 0.25) is 0 Å². The minimum absolute atomic E-state index is 0.0823. The molecule has 1 aromatic heterocycles. The largest absolute Gasteiger partial charge is 0.478 e. The molecule has 4 N–H and O–H groups in total. The Labute approximate surface area is 97.9 Å². The maximum Gasteiger partial charge on any atom is 0.337 e. The molecule has 5 heteroatoms. The second kappa shape index (κ2) is 4.52. The van der Waals surface area contributed by atoms with E-state index in [9.17, 15) is 4.79 Å². The van der Waals surface area contributed by atoms with Crippen LogP contribution in [0.3, 0.4) is 0 Å². The van der Waals surface area contributed by atoms with Gasteiger partial charge in [0.2, 0.25) is 0 Å². The number of pyridine rings is 1. The minimum atomic E-state index is -1.04. The summed E-state index contributed by atoms with van der Waals surface area (Å²) in [5, 5.41) is 12.0. The molecule has 0 bridgehead atoms. The average Bonchev–Trinajstić information content (AvgIpc) is 2.32. The number of hydrogen-bond acceptors (Lipinski definition) is 4. The third-order valence-electron chi connectivity index (χ3n) is 2.23. The van der Waals surface area contributed by atoms with Crippen LogP contribution in [0.15, 0.2) is 42.7 Å². The van der Waals surface area contributed by atoms with Crippen LogP contribution >= 0.6 is 0 Å². The van der Waals surface area contributed by atoms with Crippen molar-refractivity contribution < 1.29 is 9.90 Å². The van der Waals surface area contributed by atoms with E-state index in [0.29, 0.717) is 5.69 Å². The van der Waals surface area contributed by atoms with Gasteiger partial charge in [-0.2, -0.15) is 0 Å². The van der Waals surface area contributed by atoms with Gasteiger partial charge in [-0.15, -0.1) is 0 Å². The molecule has 0 radical (unpaired) electrons. The van der Waals surface area contributed by atoms with Gasteiger partial charge in [-0.25, -0.2) is 4.79 Å². The number of hydrogen-bond donors (Lipinski definition) is 3. The van der Waals surface area contributed by atoms with Gasteiger partial charge in [0.1, 0.15) is 0 Å². The van der Waals surface area contributed by atoms with Gasteiger partial charge >= 0.3 is 5.97 Å². The summed E-state index contributed by atoms with van der Waals surface area (Å²) in [5.41, 5.74) is 7.33. The average molecular weight is 229 g/mol. The van der Waals surface area contributed by atoms with E-state index >= 15 is 0 Å². The van der Waals surface area contributed by atoms with E-state index in [1.807, 2.05) is 6.07 Å². The second-order valence-corrected chi connectivity index (χ2v) is 3.47. The molecule has 0 saturated carbocycles. The number of carboxylic acid groups (broad SMARTS) is 1. The molecule has 0 fully saturated rings. The summed E-state index contributed by atoms with van der Waals surface area (Å²) in [6, 6.07) is 8.39. The zero-order chi connectivity index (χ0) is 12.3. The highest BCUT2D eigenvalue weighted by Gasteiger charge is 2.08. The van der Waals surface area contributed by atoms with Crippen LogP contribution in [0.25, 0.3) is 0 Å². The number of anilines is 3. The number of aromatic nitrogens is 1. The first-order valence-electron chi connectivity index (χ1n) is 4.96.